The molecule has 0 bridgehead atoms. The standard InChI is InChI=1S/C20H23FN6O3/c1-13-18(14(2)30-23-13)12-25-11-17(10-22-25)27-19(28)24(3)26(20(27)29)9-8-15-4-6-16(21)7-5-15/h4,6-7,10-11,15H,5,8-9,12H2,1-3H3. The van der Waals surface area contributed by atoms with Crippen LogP contribution in [0.2, 0.25) is 0 Å². The lowest BCUT2D eigenvalue weighted by atomic mass is 9.97. The van der Waals surface area contributed by atoms with Gasteiger partial charge in [-0.3, -0.25) is 4.68 Å². The molecule has 4 rings (SSSR count). The first kappa shape index (κ1) is 19.9. The summed E-state index contributed by atoms with van der Waals surface area (Å²) in [7, 11) is 1.56. The minimum Gasteiger partial charge on any atom is -0.361 e. The smallest absolute Gasteiger partial charge is 0.351 e. The van der Waals surface area contributed by atoms with Crippen molar-refractivity contribution < 1.29 is 8.91 Å². The maximum Gasteiger partial charge on any atom is 0.351 e. The summed E-state index contributed by atoms with van der Waals surface area (Å²) in [5.41, 5.74) is 1.21. The van der Waals surface area contributed by atoms with Gasteiger partial charge in [0.25, 0.3) is 0 Å². The molecular formula is C20H23FN6O3. The van der Waals surface area contributed by atoms with Crippen molar-refractivity contribution in [2.75, 3.05) is 0 Å². The molecule has 1 aliphatic carbocycles. The molecule has 3 aromatic heterocycles. The maximum atomic E-state index is 13.1. The van der Waals surface area contributed by atoms with E-state index in [-0.39, 0.29) is 11.7 Å². The van der Waals surface area contributed by atoms with E-state index in [1.54, 1.807) is 24.0 Å². The predicted octanol–water partition coefficient (Wildman–Crippen LogP) is 2.01. The molecule has 0 radical (unpaired) electrons. The second-order valence-electron chi connectivity index (χ2n) is 7.48. The summed E-state index contributed by atoms with van der Waals surface area (Å²) in [6.07, 6.45) is 9.12. The molecule has 9 nitrogen and oxygen atoms in total. The third-order valence-electron chi connectivity index (χ3n) is 5.48. The first-order valence-corrected chi connectivity index (χ1v) is 9.72. The highest BCUT2D eigenvalue weighted by atomic mass is 19.1. The average molecular weight is 414 g/mol. The third-order valence-corrected chi connectivity index (χ3v) is 5.48. The van der Waals surface area contributed by atoms with Crippen LogP contribution < -0.4 is 11.4 Å². The van der Waals surface area contributed by atoms with Crippen molar-refractivity contribution in [3.05, 3.63) is 74.4 Å². The number of halogens is 1. The first-order valence-electron chi connectivity index (χ1n) is 9.72. The molecule has 0 saturated heterocycles. The zero-order valence-corrected chi connectivity index (χ0v) is 17.1. The topological polar surface area (TPSA) is 92.8 Å². The molecule has 1 aliphatic rings. The van der Waals surface area contributed by atoms with Gasteiger partial charge in [-0.1, -0.05) is 11.2 Å². The van der Waals surface area contributed by atoms with Gasteiger partial charge in [-0.25, -0.2) is 27.9 Å². The Kier molecular flexibility index (Phi) is 5.15. The van der Waals surface area contributed by atoms with Crippen molar-refractivity contribution in [1.82, 2.24) is 28.9 Å². The largest absolute Gasteiger partial charge is 0.361 e. The fourth-order valence-corrected chi connectivity index (χ4v) is 3.63. The third kappa shape index (κ3) is 3.60. The molecule has 10 heteroatoms. The quantitative estimate of drug-likeness (QED) is 0.615. The number of aromatic nitrogens is 6. The van der Waals surface area contributed by atoms with Gasteiger partial charge in [0.05, 0.1) is 24.1 Å². The second kappa shape index (κ2) is 7.77. The summed E-state index contributed by atoms with van der Waals surface area (Å²) >= 11 is 0. The molecule has 3 aromatic rings. The van der Waals surface area contributed by atoms with Crippen molar-refractivity contribution in [2.45, 2.75) is 39.8 Å². The Bertz CT molecular complexity index is 1230. The van der Waals surface area contributed by atoms with Gasteiger partial charge >= 0.3 is 11.4 Å². The number of rotatable bonds is 6. The van der Waals surface area contributed by atoms with Gasteiger partial charge in [0.1, 0.15) is 11.6 Å². The molecule has 3 heterocycles. The van der Waals surface area contributed by atoms with E-state index in [4.69, 9.17) is 4.52 Å². The first-order chi connectivity index (χ1) is 14.3. The molecule has 1 atom stereocenters. The Morgan fingerprint density at radius 2 is 2.07 bits per heavy atom. The van der Waals surface area contributed by atoms with Crippen LogP contribution in [0, 0.1) is 19.8 Å². The molecule has 0 amide bonds. The van der Waals surface area contributed by atoms with E-state index in [2.05, 4.69) is 10.3 Å². The van der Waals surface area contributed by atoms with Crippen LogP contribution >= 0.6 is 0 Å². The zero-order chi connectivity index (χ0) is 21.4. The molecule has 158 valence electrons. The van der Waals surface area contributed by atoms with Gasteiger partial charge in [-0.2, -0.15) is 5.10 Å². The van der Waals surface area contributed by atoms with E-state index in [0.717, 1.165) is 15.8 Å². The monoisotopic (exact) mass is 414 g/mol. The van der Waals surface area contributed by atoms with Gasteiger partial charge in [-0.15, -0.1) is 0 Å². The van der Waals surface area contributed by atoms with Crippen LogP contribution in [-0.2, 0) is 20.1 Å². The highest BCUT2D eigenvalue weighted by Crippen LogP contribution is 2.20. The van der Waals surface area contributed by atoms with Crippen molar-refractivity contribution >= 4 is 0 Å². The van der Waals surface area contributed by atoms with Gasteiger partial charge in [-0.05, 0) is 44.8 Å². The minimum atomic E-state index is -0.443. The van der Waals surface area contributed by atoms with Crippen LogP contribution in [0.1, 0.15) is 29.9 Å². The van der Waals surface area contributed by atoms with E-state index >= 15 is 0 Å². The lowest BCUT2D eigenvalue weighted by Gasteiger charge is -2.14. The Balaban J connectivity index is 1.56. The number of aryl methyl sites for hydroxylation is 2. The molecule has 1 unspecified atom stereocenters. The summed E-state index contributed by atoms with van der Waals surface area (Å²) in [5.74, 6) is 0.596. The zero-order valence-electron chi connectivity index (χ0n) is 17.1. The Morgan fingerprint density at radius 3 is 2.73 bits per heavy atom. The van der Waals surface area contributed by atoms with Crippen molar-refractivity contribution in [2.24, 2.45) is 13.0 Å². The SMILES string of the molecule is Cc1noc(C)c1Cn1cc(-n2c(=O)n(C)n(CCC3C=CC(F)=CC3)c2=O)cn1. The highest BCUT2D eigenvalue weighted by molar-refractivity contribution is 5.26. The van der Waals surface area contributed by atoms with E-state index in [1.807, 2.05) is 13.8 Å². The van der Waals surface area contributed by atoms with Gasteiger partial charge in [0.2, 0.25) is 0 Å². The summed E-state index contributed by atoms with van der Waals surface area (Å²) in [6, 6.07) is 0. The maximum absolute atomic E-state index is 13.1. The van der Waals surface area contributed by atoms with Crippen LogP contribution in [0.15, 0.2) is 50.6 Å². The average Bonchev–Trinajstić information content (AvgIpc) is 3.36. The van der Waals surface area contributed by atoms with Crippen LogP contribution in [-0.4, -0.2) is 28.9 Å². The molecule has 30 heavy (non-hydrogen) atoms. The van der Waals surface area contributed by atoms with Gasteiger partial charge in [0.15, 0.2) is 0 Å². The summed E-state index contributed by atoms with van der Waals surface area (Å²) in [4.78, 5) is 25.6. The Morgan fingerprint density at radius 1 is 1.27 bits per heavy atom. The lowest BCUT2D eigenvalue weighted by molar-refractivity contribution is 0.391. The van der Waals surface area contributed by atoms with Crippen molar-refractivity contribution in [3.8, 4) is 5.69 Å². The molecule has 0 aliphatic heterocycles. The molecule has 0 N–H and O–H groups in total. The van der Waals surface area contributed by atoms with Crippen LogP contribution in [0.4, 0.5) is 4.39 Å². The Labute approximate surface area is 171 Å². The summed E-state index contributed by atoms with van der Waals surface area (Å²) in [6.45, 7) is 4.46. The lowest BCUT2D eigenvalue weighted by Crippen LogP contribution is -2.27. The molecule has 0 spiro atoms. The summed E-state index contributed by atoms with van der Waals surface area (Å²) < 4.78 is 23.7. The highest BCUT2D eigenvalue weighted by Gasteiger charge is 2.18. The molecular weight excluding hydrogens is 391 g/mol. The van der Waals surface area contributed by atoms with E-state index in [1.165, 1.54) is 27.7 Å². The molecule has 0 aromatic carbocycles. The summed E-state index contributed by atoms with van der Waals surface area (Å²) in [5, 5.41) is 8.20. The van der Waals surface area contributed by atoms with Gasteiger partial charge in [0, 0.05) is 25.4 Å². The Hall–Kier alpha value is -3.43. The van der Waals surface area contributed by atoms with Crippen LogP contribution in [0.25, 0.3) is 5.69 Å². The number of allylic oxidation sites excluding steroid dienone is 4. The fourth-order valence-electron chi connectivity index (χ4n) is 3.63. The van der Waals surface area contributed by atoms with Crippen molar-refractivity contribution in [3.63, 3.8) is 0 Å². The minimum absolute atomic E-state index is 0.132. The van der Waals surface area contributed by atoms with E-state index in [9.17, 15) is 14.0 Å². The van der Waals surface area contributed by atoms with E-state index < -0.39 is 11.4 Å². The molecule has 0 fully saturated rings. The van der Waals surface area contributed by atoms with E-state index in [0.29, 0.717) is 37.4 Å². The normalized spacial score (nSPS) is 16.3. The molecule has 0 saturated carbocycles. The van der Waals surface area contributed by atoms with Crippen LogP contribution in [0.5, 0.6) is 0 Å². The van der Waals surface area contributed by atoms with Crippen LogP contribution in [0.3, 0.4) is 0 Å². The number of nitrogens with zero attached hydrogens (tertiary/aromatic N) is 6. The fraction of sp³-hybridized carbons (Fsp3) is 0.400. The van der Waals surface area contributed by atoms with Gasteiger partial charge < -0.3 is 4.52 Å². The second-order valence-corrected chi connectivity index (χ2v) is 7.48. The number of hydrogen-bond donors (Lipinski definition) is 0. The van der Waals surface area contributed by atoms with Crippen molar-refractivity contribution in [1.29, 1.82) is 0 Å². The number of hydrogen-bond acceptors (Lipinski definition) is 5. The predicted molar refractivity (Wildman–Crippen MR) is 107 cm³/mol.